The third-order valence-corrected chi connectivity index (χ3v) is 7.15. The smallest absolute Gasteiger partial charge is 0.328 e. The monoisotopic (exact) mass is 599 g/mol. The number of esters is 2. The Morgan fingerprint density at radius 3 is 1.60 bits per heavy atom. The van der Waals surface area contributed by atoms with Crippen LogP contribution in [-0.2, 0) is 28.7 Å². The number of ketones is 1. The molecule has 0 saturated heterocycles. The van der Waals surface area contributed by atoms with Crippen LogP contribution in [0.1, 0.15) is 113 Å². The number of carbonyl (C=O) groups is 4. The Kier molecular flexibility index (Phi) is 22.3. The zero-order valence-corrected chi connectivity index (χ0v) is 27.7. The van der Waals surface area contributed by atoms with Crippen LogP contribution in [0.3, 0.4) is 0 Å². The molecule has 0 aliphatic carbocycles. The van der Waals surface area contributed by atoms with E-state index < -0.39 is 35.8 Å². The van der Waals surface area contributed by atoms with Gasteiger partial charge in [-0.15, -0.1) is 0 Å². The molecule has 10 heteroatoms. The van der Waals surface area contributed by atoms with E-state index in [0.717, 1.165) is 51.4 Å². The molecule has 0 heterocycles. The summed E-state index contributed by atoms with van der Waals surface area (Å²) in [5, 5.41) is 16.5. The van der Waals surface area contributed by atoms with Crippen molar-refractivity contribution in [3.63, 3.8) is 0 Å². The first-order chi connectivity index (χ1) is 19.9. The minimum absolute atomic E-state index is 0.112. The highest BCUT2D eigenvalue weighted by Gasteiger charge is 2.37. The predicted molar refractivity (Wildman–Crippen MR) is 166 cm³/mol. The van der Waals surface area contributed by atoms with Crippen molar-refractivity contribution >= 4 is 23.6 Å². The SMILES string of the molecule is CCCCN(CCCC)C(C(=O)NC(CC(C)C)C(=O)OCCCCCCOC(=O)C(CC(C)C)NC)C(O)C(C)=O. The lowest BCUT2D eigenvalue weighted by atomic mass is 10.0. The van der Waals surface area contributed by atoms with Crippen molar-refractivity contribution in [2.24, 2.45) is 11.8 Å². The highest BCUT2D eigenvalue weighted by Crippen LogP contribution is 2.14. The first kappa shape index (κ1) is 40.0. The molecular formula is C32H61N3O7. The first-order valence-electron chi connectivity index (χ1n) is 16.1. The summed E-state index contributed by atoms with van der Waals surface area (Å²) in [6.07, 6.45) is 6.14. The van der Waals surface area contributed by atoms with E-state index in [2.05, 4.69) is 24.5 Å². The van der Waals surface area contributed by atoms with Crippen molar-refractivity contribution in [3.05, 3.63) is 0 Å². The number of carbonyl (C=O) groups excluding carboxylic acids is 4. The van der Waals surface area contributed by atoms with Gasteiger partial charge in [-0.1, -0.05) is 54.4 Å². The highest BCUT2D eigenvalue weighted by atomic mass is 16.5. The molecular weight excluding hydrogens is 538 g/mol. The number of ether oxygens (including phenoxy) is 2. The molecule has 0 rings (SSSR count). The van der Waals surface area contributed by atoms with E-state index in [0.29, 0.717) is 38.5 Å². The molecule has 42 heavy (non-hydrogen) atoms. The lowest BCUT2D eigenvalue weighted by Gasteiger charge is -2.34. The number of hydrogen-bond acceptors (Lipinski definition) is 9. The average Bonchev–Trinajstić information content (AvgIpc) is 2.93. The van der Waals surface area contributed by atoms with Gasteiger partial charge in [0.15, 0.2) is 5.78 Å². The fraction of sp³-hybridized carbons (Fsp3) is 0.875. The second kappa shape index (κ2) is 23.4. The van der Waals surface area contributed by atoms with E-state index >= 15 is 0 Å². The van der Waals surface area contributed by atoms with E-state index in [1.807, 2.05) is 32.6 Å². The molecule has 0 aromatic rings. The second-order valence-electron chi connectivity index (χ2n) is 12.2. The normalized spacial score (nSPS) is 14.5. The number of rotatable bonds is 25. The van der Waals surface area contributed by atoms with Gasteiger partial charge in [-0.3, -0.25) is 19.3 Å². The van der Waals surface area contributed by atoms with Crippen LogP contribution in [0.2, 0.25) is 0 Å². The summed E-state index contributed by atoms with van der Waals surface area (Å²) in [7, 11) is 1.76. The van der Waals surface area contributed by atoms with Gasteiger partial charge in [0.05, 0.1) is 13.2 Å². The highest BCUT2D eigenvalue weighted by molar-refractivity contribution is 5.93. The molecule has 0 aromatic carbocycles. The van der Waals surface area contributed by atoms with Gasteiger partial charge >= 0.3 is 11.9 Å². The molecule has 1 amide bonds. The van der Waals surface area contributed by atoms with Crippen molar-refractivity contribution in [2.45, 2.75) is 137 Å². The van der Waals surface area contributed by atoms with E-state index in [9.17, 15) is 24.3 Å². The molecule has 0 aromatic heterocycles. The Labute approximate surface area is 255 Å². The molecule has 0 saturated carbocycles. The standard InChI is InChI=1S/C32H61N3O7/c1-9-11-17-35(18-12-10-2)28(29(37)25(7)36)30(38)34-27(22-24(5)6)32(40)42-20-16-14-13-15-19-41-31(39)26(33-8)21-23(3)4/h23-24,26-29,33,37H,9-22H2,1-8H3,(H,34,38). The van der Waals surface area contributed by atoms with E-state index in [1.54, 1.807) is 7.05 Å². The number of nitrogens with one attached hydrogen (secondary N) is 2. The van der Waals surface area contributed by atoms with Crippen molar-refractivity contribution in [2.75, 3.05) is 33.4 Å². The third kappa shape index (κ3) is 17.2. The molecule has 10 nitrogen and oxygen atoms in total. The quantitative estimate of drug-likeness (QED) is 0.105. The maximum Gasteiger partial charge on any atom is 0.328 e. The molecule has 0 radical (unpaired) electrons. The van der Waals surface area contributed by atoms with Crippen LogP contribution in [0.4, 0.5) is 0 Å². The number of aliphatic hydroxyl groups is 1. The van der Waals surface area contributed by atoms with Gasteiger partial charge in [0.1, 0.15) is 24.2 Å². The minimum atomic E-state index is -1.48. The number of Topliss-reactive ketones (excluding diaryl/α,β-unsaturated/α-hetero) is 1. The summed E-state index contributed by atoms with van der Waals surface area (Å²) in [5.74, 6) is -1.25. The van der Waals surface area contributed by atoms with Crippen LogP contribution >= 0.6 is 0 Å². The average molecular weight is 600 g/mol. The maximum absolute atomic E-state index is 13.5. The molecule has 4 unspecified atom stereocenters. The molecule has 246 valence electrons. The Bertz CT molecular complexity index is 767. The number of likely N-dealkylation sites (N-methyl/N-ethyl adjacent to an activating group) is 1. The van der Waals surface area contributed by atoms with Gasteiger partial charge in [0.25, 0.3) is 0 Å². The number of hydrogen-bond donors (Lipinski definition) is 3. The summed E-state index contributed by atoms with van der Waals surface area (Å²) >= 11 is 0. The minimum Gasteiger partial charge on any atom is -0.465 e. The summed E-state index contributed by atoms with van der Waals surface area (Å²) in [6.45, 7) is 15.1. The number of nitrogens with zero attached hydrogens (tertiary/aromatic N) is 1. The Balaban J connectivity index is 4.97. The zero-order chi connectivity index (χ0) is 32.1. The van der Waals surface area contributed by atoms with Gasteiger partial charge in [0.2, 0.25) is 5.91 Å². The Morgan fingerprint density at radius 1 is 0.738 bits per heavy atom. The molecule has 0 aliphatic heterocycles. The molecule has 0 fully saturated rings. The van der Waals surface area contributed by atoms with E-state index in [4.69, 9.17) is 9.47 Å². The Hall–Kier alpha value is -2.04. The first-order valence-corrected chi connectivity index (χ1v) is 16.1. The van der Waals surface area contributed by atoms with Crippen LogP contribution in [0.25, 0.3) is 0 Å². The second-order valence-corrected chi connectivity index (χ2v) is 12.2. The molecule has 4 atom stereocenters. The van der Waals surface area contributed by atoms with Crippen molar-refractivity contribution in [1.82, 2.24) is 15.5 Å². The lowest BCUT2D eigenvalue weighted by Crippen LogP contribution is -2.58. The number of aliphatic hydroxyl groups excluding tert-OH is 1. The van der Waals surface area contributed by atoms with E-state index in [1.165, 1.54) is 6.92 Å². The largest absolute Gasteiger partial charge is 0.465 e. The fourth-order valence-corrected chi connectivity index (χ4v) is 4.69. The van der Waals surface area contributed by atoms with Gasteiger partial charge in [-0.2, -0.15) is 0 Å². The third-order valence-electron chi connectivity index (χ3n) is 7.15. The molecule has 0 bridgehead atoms. The molecule has 0 spiro atoms. The summed E-state index contributed by atoms with van der Waals surface area (Å²) < 4.78 is 10.9. The summed E-state index contributed by atoms with van der Waals surface area (Å²) in [4.78, 5) is 52.7. The van der Waals surface area contributed by atoms with Gasteiger partial charge in [0, 0.05) is 0 Å². The summed E-state index contributed by atoms with van der Waals surface area (Å²) in [6, 6.07) is -2.23. The number of amides is 1. The van der Waals surface area contributed by atoms with Crippen LogP contribution in [0.5, 0.6) is 0 Å². The number of unbranched alkanes of at least 4 members (excludes halogenated alkanes) is 5. The van der Waals surface area contributed by atoms with Crippen LogP contribution < -0.4 is 10.6 Å². The predicted octanol–water partition coefficient (Wildman–Crippen LogP) is 4.02. The van der Waals surface area contributed by atoms with E-state index in [-0.39, 0.29) is 24.5 Å². The van der Waals surface area contributed by atoms with Crippen molar-refractivity contribution < 1.29 is 33.8 Å². The lowest BCUT2D eigenvalue weighted by molar-refractivity contribution is -0.150. The van der Waals surface area contributed by atoms with Crippen LogP contribution in [-0.4, -0.2) is 91.2 Å². The van der Waals surface area contributed by atoms with Crippen molar-refractivity contribution in [3.8, 4) is 0 Å². The topological polar surface area (TPSA) is 134 Å². The Morgan fingerprint density at radius 2 is 1.19 bits per heavy atom. The summed E-state index contributed by atoms with van der Waals surface area (Å²) in [5.41, 5.74) is 0. The van der Waals surface area contributed by atoms with Gasteiger partial charge in [-0.25, -0.2) is 4.79 Å². The van der Waals surface area contributed by atoms with Gasteiger partial charge < -0.3 is 25.2 Å². The maximum atomic E-state index is 13.5. The van der Waals surface area contributed by atoms with Gasteiger partial charge in [-0.05, 0) is 90.3 Å². The van der Waals surface area contributed by atoms with Crippen LogP contribution in [0, 0.1) is 11.8 Å². The fourth-order valence-electron chi connectivity index (χ4n) is 4.69. The molecule has 0 aliphatic rings. The van der Waals surface area contributed by atoms with Crippen LogP contribution in [0.15, 0.2) is 0 Å². The molecule has 3 N–H and O–H groups in total. The zero-order valence-electron chi connectivity index (χ0n) is 27.7. The van der Waals surface area contributed by atoms with Crippen molar-refractivity contribution in [1.29, 1.82) is 0 Å².